The average Bonchev–Trinajstić information content (AvgIpc) is 2.20. The molecule has 0 saturated carbocycles. The van der Waals surface area contributed by atoms with Crippen molar-refractivity contribution in [3.63, 3.8) is 0 Å². The highest BCUT2D eigenvalue weighted by molar-refractivity contribution is 5.62. The average molecular weight is 188 g/mol. The first kappa shape index (κ1) is 8.50. The van der Waals surface area contributed by atoms with Gasteiger partial charge in [0.2, 0.25) is 0 Å². The smallest absolute Gasteiger partial charge is 0.272 e. The predicted octanol–water partition coefficient (Wildman–Crippen LogP) is 1.14. The topological polar surface area (TPSA) is 66.0 Å². The Morgan fingerprint density at radius 2 is 1.86 bits per heavy atom. The Hall–Kier alpha value is -2.10. The van der Waals surface area contributed by atoms with Crippen LogP contribution in [0.5, 0.6) is 5.75 Å². The summed E-state index contributed by atoms with van der Waals surface area (Å²) in [6.07, 6.45) is 1.52. The summed E-state index contributed by atoms with van der Waals surface area (Å²) in [7, 11) is 0. The quantitative estimate of drug-likeness (QED) is 0.705. The number of phenols is 1. The summed E-state index contributed by atoms with van der Waals surface area (Å²) in [6.45, 7) is 0. The molecule has 0 aliphatic carbocycles. The Balaban J connectivity index is 2.56. The number of nitrogens with one attached hydrogen (secondary N) is 1. The third kappa shape index (κ3) is 1.50. The first-order valence-corrected chi connectivity index (χ1v) is 4.10. The highest BCUT2D eigenvalue weighted by atomic mass is 16.3. The first-order chi connectivity index (χ1) is 6.77. The molecule has 2 rings (SSSR count). The fraction of sp³-hybridized carbons (Fsp3) is 0. The maximum atomic E-state index is 11.3. The van der Waals surface area contributed by atoms with Gasteiger partial charge in [0, 0.05) is 11.8 Å². The molecule has 0 radical (unpaired) electrons. The molecule has 4 heteroatoms. The molecule has 4 nitrogen and oxygen atoms in total. The zero-order valence-electron chi connectivity index (χ0n) is 7.27. The third-order valence-corrected chi connectivity index (χ3v) is 1.90. The molecule has 0 amide bonds. The maximum Gasteiger partial charge on any atom is 0.272 e. The Morgan fingerprint density at radius 3 is 2.50 bits per heavy atom. The molecule has 2 N–H and O–H groups in total. The Kier molecular flexibility index (Phi) is 2.02. The highest BCUT2D eigenvalue weighted by Crippen LogP contribution is 2.17. The molecule has 0 unspecified atom stereocenters. The van der Waals surface area contributed by atoms with Gasteiger partial charge in [0.25, 0.3) is 5.56 Å². The molecule has 1 aromatic heterocycles. The van der Waals surface area contributed by atoms with Crippen LogP contribution in [0.2, 0.25) is 0 Å². The molecule has 2 aromatic rings. The fourth-order valence-electron chi connectivity index (χ4n) is 1.21. The van der Waals surface area contributed by atoms with Gasteiger partial charge in [-0.15, -0.1) is 0 Å². The van der Waals surface area contributed by atoms with Crippen molar-refractivity contribution < 1.29 is 5.11 Å². The van der Waals surface area contributed by atoms with Crippen LogP contribution in [0, 0.1) is 0 Å². The lowest BCUT2D eigenvalue weighted by molar-refractivity contribution is 0.475. The third-order valence-electron chi connectivity index (χ3n) is 1.90. The molecule has 1 aromatic carbocycles. The van der Waals surface area contributed by atoms with E-state index in [0.717, 1.165) is 5.56 Å². The minimum absolute atomic E-state index is 0.180. The largest absolute Gasteiger partial charge is 0.508 e. The number of benzene rings is 1. The number of aromatic hydroxyl groups is 1. The summed E-state index contributed by atoms with van der Waals surface area (Å²) in [5, 5.41) is 15.0. The van der Waals surface area contributed by atoms with E-state index in [0.29, 0.717) is 5.56 Å². The van der Waals surface area contributed by atoms with Gasteiger partial charge in [0.15, 0.2) is 0 Å². The number of hydrogen-bond donors (Lipinski definition) is 2. The van der Waals surface area contributed by atoms with Crippen molar-refractivity contribution in [1.82, 2.24) is 10.2 Å². The molecular weight excluding hydrogens is 180 g/mol. The zero-order valence-corrected chi connectivity index (χ0v) is 7.27. The van der Waals surface area contributed by atoms with Crippen molar-refractivity contribution >= 4 is 0 Å². The molecule has 0 atom stereocenters. The van der Waals surface area contributed by atoms with Gasteiger partial charge < -0.3 is 5.11 Å². The van der Waals surface area contributed by atoms with Crippen LogP contribution in [-0.4, -0.2) is 15.3 Å². The van der Waals surface area contributed by atoms with E-state index in [1.165, 1.54) is 18.3 Å². The number of phenolic OH excluding ortho intramolecular Hbond substituents is 1. The molecule has 1 heterocycles. The lowest BCUT2D eigenvalue weighted by atomic mass is 10.1. The van der Waals surface area contributed by atoms with E-state index < -0.39 is 0 Å². The molecule has 0 spiro atoms. The number of aromatic amines is 1. The number of rotatable bonds is 1. The van der Waals surface area contributed by atoms with Crippen molar-refractivity contribution in [3.8, 4) is 16.9 Å². The van der Waals surface area contributed by atoms with Crippen molar-refractivity contribution in [1.29, 1.82) is 0 Å². The van der Waals surface area contributed by atoms with Gasteiger partial charge in [0.1, 0.15) is 5.75 Å². The van der Waals surface area contributed by atoms with Gasteiger partial charge in [-0.3, -0.25) is 4.79 Å². The molecule has 0 aliphatic heterocycles. The van der Waals surface area contributed by atoms with Crippen LogP contribution in [0.15, 0.2) is 41.3 Å². The van der Waals surface area contributed by atoms with Crippen molar-refractivity contribution in [3.05, 3.63) is 46.9 Å². The van der Waals surface area contributed by atoms with Crippen LogP contribution >= 0.6 is 0 Å². The monoisotopic (exact) mass is 188 g/mol. The number of nitrogens with zero attached hydrogens (tertiary/aromatic N) is 1. The van der Waals surface area contributed by atoms with E-state index in [-0.39, 0.29) is 11.3 Å². The summed E-state index contributed by atoms with van der Waals surface area (Å²) in [5.41, 5.74) is 1.06. The molecule has 0 bridgehead atoms. The van der Waals surface area contributed by atoms with Gasteiger partial charge in [-0.1, -0.05) is 12.1 Å². The molecular formula is C10H8N2O2. The van der Waals surface area contributed by atoms with E-state index in [4.69, 9.17) is 5.11 Å². The Morgan fingerprint density at radius 1 is 1.14 bits per heavy atom. The van der Waals surface area contributed by atoms with Crippen LogP contribution in [0.25, 0.3) is 11.1 Å². The zero-order chi connectivity index (χ0) is 9.97. The van der Waals surface area contributed by atoms with Crippen LogP contribution in [0.1, 0.15) is 0 Å². The summed E-state index contributed by atoms with van der Waals surface area (Å²) in [4.78, 5) is 11.3. The summed E-state index contributed by atoms with van der Waals surface area (Å²) < 4.78 is 0. The first-order valence-electron chi connectivity index (χ1n) is 4.10. The van der Waals surface area contributed by atoms with E-state index in [1.54, 1.807) is 18.2 Å². The maximum absolute atomic E-state index is 11.3. The molecule has 0 aliphatic rings. The SMILES string of the molecule is O=c1[nH]nccc1-c1ccc(O)cc1. The minimum Gasteiger partial charge on any atom is -0.508 e. The summed E-state index contributed by atoms with van der Waals surface area (Å²) in [6, 6.07) is 8.06. The molecule has 0 fully saturated rings. The minimum atomic E-state index is -0.238. The van der Waals surface area contributed by atoms with Crippen LogP contribution < -0.4 is 5.56 Å². The summed E-state index contributed by atoms with van der Waals surface area (Å²) in [5.74, 6) is 0.180. The van der Waals surface area contributed by atoms with Gasteiger partial charge >= 0.3 is 0 Å². The highest BCUT2D eigenvalue weighted by Gasteiger charge is 2.01. The molecule has 0 saturated heterocycles. The van der Waals surface area contributed by atoms with Gasteiger partial charge in [0.05, 0.1) is 0 Å². The van der Waals surface area contributed by atoms with Gasteiger partial charge in [-0.2, -0.15) is 5.10 Å². The second-order valence-electron chi connectivity index (χ2n) is 2.85. The van der Waals surface area contributed by atoms with E-state index >= 15 is 0 Å². The van der Waals surface area contributed by atoms with Crippen LogP contribution in [0.3, 0.4) is 0 Å². The molecule has 70 valence electrons. The van der Waals surface area contributed by atoms with Crippen molar-refractivity contribution in [2.24, 2.45) is 0 Å². The van der Waals surface area contributed by atoms with Crippen LogP contribution in [-0.2, 0) is 0 Å². The van der Waals surface area contributed by atoms with Gasteiger partial charge in [-0.05, 0) is 23.8 Å². The number of hydrogen-bond acceptors (Lipinski definition) is 3. The van der Waals surface area contributed by atoms with Crippen molar-refractivity contribution in [2.75, 3.05) is 0 Å². The summed E-state index contributed by atoms with van der Waals surface area (Å²) >= 11 is 0. The normalized spacial score (nSPS) is 10.0. The lowest BCUT2D eigenvalue weighted by Crippen LogP contribution is -2.09. The number of aromatic nitrogens is 2. The van der Waals surface area contributed by atoms with Gasteiger partial charge in [-0.25, -0.2) is 5.10 Å². The Labute approximate surface area is 79.9 Å². The van der Waals surface area contributed by atoms with Crippen molar-refractivity contribution in [2.45, 2.75) is 0 Å². The Bertz CT molecular complexity index is 488. The second kappa shape index (κ2) is 3.33. The lowest BCUT2D eigenvalue weighted by Gasteiger charge is -1.98. The molecule has 14 heavy (non-hydrogen) atoms. The van der Waals surface area contributed by atoms with E-state index in [2.05, 4.69) is 10.2 Å². The standard InChI is InChI=1S/C10H8N2O2/c13-8-3-1-7(2-4-8)9-5-6-11-12-10(9)14/h1-6,13H,(H,12,14). The predicted molar refractivity (Wildman–Crippen MR) is 52.0 cm³/mol. The number of H-pyrrole nitrogens is 1. The second-order valence-corrected chi connectivity index (χ2v) is 2.85. The van der Waals surface area contributed by atoms with Crippen LogP contribution in [0.4, 0.5) is 0 Å². The fourth-order valence-corrected chi connectivity index (χ4v) is 1.21. The van der Waals surface area contributed by atoms with E-state index in [9.17, 15) is 4.79 Å². The van der Waals surface area contributed by atoms with E-state index in [1.807, 2.05) is 0 Å².